The molecule has 0 aliphatic carbocycles. The van der Waals surface area contributed by atoms with E-state index in [1.165, 1.54) is 6.92 Å². The molecule has 2 rings (SSSR count). The molecule has 2 amide bonds. The van der Waals surface area contributed by atoms with Gasteiger partial charge in [-0.25, -0.2) is 0 Å². The van der Waals surface area contributed by atoms with Crippen molar-refractivity contribution in [1.82, 2.24) is 10.3 Å². The van der Waals surface area contributed by atoms with Crippen molar-refractivity contribution in [3.8, 4) is 0 Å². The van der Waals surface area contributed by atoms with Crippen LogP contribution in [0.3, 0.4) is 0 Å². The highest BCUT2D eigenvalue weighted by molar-refractivity contribution is 5.88. The number of benzene rings is 1. The number of aryl methyl sites for hydroxylation is 1. The van der Waals surface area contributed by atoms with Crippen LogP contribution in [0.15, 0.2) is 42.6 Å². The summed E-state index contributed by atoms with van der Waals surface area (Å²) in [7, 11) is 0. The average molecular weight is 311 g/mol. The highest BCUT2D eigenvalue weighted by atomic mass is 16.2. The van der Waals surface area contributed by atoms with Gasteiger partial charge in [0.05, 0.1) is 12.5 Å². The van der Waals surface area contributed by atoms with Gasteiger partial charge in [0, 0.05) is 24.5 Å². The lowest BCUT2D eigenvalue weighted by molar-refractivity contribution is -0.121. The summed E-state index contributed by atoms with van der Waals surface area (Å²) < 4.78 is 0. The lowest BCUT2D eigenvalue weighted by Crippen LogP contribution is -2.28. The molecule has 0 fully saturated rings. The number of anilines is 1. The quantitative estimate of drug-likeness (QED) is 0.892. The first-order chi connectivity index (χ1) is 10.9. The number of nitrogens with zero attached hydrogens (tertiary/aromatic N) is 1. The molecule has 5 heteroatoms. The van der Waals surface area contributed by atoms with E-state index >= 15 is 0 Å². The Bertz CT molecular complexity index is 696. The number of rotatable bonds is 5. The monoisotopic (exact) mass is 311 g/mol. The second kappa shape index (κ2) is 7.54. The summed E-state index contributed by atoms with van der Waals surface area (Å²) in [4.78, 5) is 27.4. The minimum Gasteiger partial charge on any atom is -0.349 e. The fraction of sp³-hybridized carbons (Fsp3) is 0.278. The number of aromatic nitrogens is 1. The molecule has 120 valence electrons. The number of amides is 2. The van der Waals surface area contributed by atoms with E-state index in [1.807, 2.05) is 50.2 Å². The summed E-state index contributed by atoms with van der Waals surface area (Å²) in [5.74, 6) is -0.182. The summed E-state index contributed by atoms with van der Waals surface area (Å²) >= 11 is 0. The van der Waals surface area contributed by atoms with Gasteiger partial charge in [-0.3, -0.25) is 14.6 Å². The maximum atomic E-state index is 12.1. The number of hydrogen-bond donors (Lipinski definition) is 2. The molecule has 1 heterocycles. The second-order valence-electron chi connectivity index (χ2n) is 5.58. The van der Waals surface area contributed by atoms with Crippen LogP contribution in [0.4, 0.5) is 5.69 Å². The molecule has 0 aliphatic heterocycles. The molecular formula is C18H21N3O2. The third-order valence-electron chi connectivity index (χ3n) is 3.42. The Balaban J connectivity index is 1.97. The predicted octanol–water partition coefficient (Wildman–Crippen LogP) is 2.77. The van der Waals surface area contributed by atoms with E-state index in [9.17, 15) is 9.59 Å². The molecule has 0 radical (unpaired) electrons. The van der Waals surface area contributed by atoms with Crippen LogP contribution in [-0.2, 0) is 16.0 Å². The third-order valence-corrected chi connectivity index (χ3v) is 3.42. The highest BCUT2D eigenvalue weighted by Gasteiger charge is 2.11. The number of nitrogens with one attached hydrogen (secondary N) is 2. The van der Waals surface area contributed by atoms with Gasteiger partial charge in [0.2, 0.25) is 11.8 Å². The molecule has 23 heavy (non-hydrogen) atoms. The van der Waals surface area contributed by atoms with Crippen molar-refractivity contribution in [3.63, 3.8) is 0 Å². The van der Waals surface area contributed by atoms with Gasteiger partial charge >= 0.3 is 0 Å². The third kappa shape index (κ3) is 5.21. The molecule has 2 N–H and O–H groups in total. The topological polar surface area (TPSA) is 71.1 Å². The molecular weight excluding hydrogens is 290 g/mol. The average Bonchev–Trinajstić information content (AvgIpc) is 2.49. The molecule has 0 spiro atoms. The number of carbonyl (C=O) groups excluding carboxylic acids is 2. The molecule has 0 unspecified atom stereocenters. The Morgan fingerprint density at radius 2 is 2.00 bits per heavy atom. The largest absolute Gasteiger partial charge is 0.349 e. The molecule has 0 bridgehead atoms. The summed E-state index contributed by atoms with van der Waals surface area (Å²) in [6, 6.07) is 11.1. The van der Waals surface area contributed by atoms with Crippen LogP contribution in [0.25, 0.3) is 0 Å². The molecule has 2 aromatic rings. The van der Waals surface area contributed by atoms with Gasteiger partial charge in [0.25, 0.3) is 0 Å². The molecule has 0 saturated heterocycles. The van der Waals surface area contributed by atoms with E-state index in [2.05, 4.69) is 15.6 Å². The van der Waals surface area contributed by atoms with Gasteiger partial charge in [-0.05, 0) is 43.2 Å². The molecule has 1 aromatic carbocycles. The van der Waals surface area contributed by atoms with Crippen molar-refractivity contribution in [2.45, 2.75) is 33.2 Å². The summed E-state index contributed by atoms with van der Waals surface area (Å²) in [6.45, 7) is 5.29. The highest BCUT2D eigenvalue weighted by Crippen LogP contribution is 2.17. The fourth-order valence-electron chi connectivity index (χ4n) is 2.25. The molecule has 0 saturated carbocycles. The van der Waals surface area contributed by atoms with Crippen LogP contribution < -0.4 is 10.6 Å². The molecule has 0 aliphatic rings. The fourth-order valence-corrected chi connectivity index (χ4v) is 2.25. The Labute approximate surface area is 136 Å². The zero-order valence-electron chi connectivity index (χ0n) is 13.6. The minimum absolute atomic E-state index is 0.0620. The number of carbonyl (C=O) groups is 2. The minimum atomic E-state index is -0.144. The summed E-state index contributed by atoms with van der Waals surface area (Å²) in [5.41, 5.74) is 3.47. The number of pyridine rings is 1. The van der Waals surface area contributed by atoms with Gasteiger partial charge in [0.1, 0.15) is 0 Å². The summed E-state index contributed by atoms with van der Waals surface area (Å²) in [6.07, 6.45) is 2.01. The SMILES string of the molecule is CC(=O)Nc1cccc([C@@H](C)NC(=O)Cc2ccc(C)nc2)c1. The Hall–Kier alpha value is -2.69. The zero-order chi connectivity index (χ0) is 16.8. The smallest absolute Gasteiger partial charge is 0.224 e. The Morgan fingerprint density at radius 1 is 1.22 bits per heavy atom. The van der Waals surface area contributed by atoms with E-state index in [-0.39, 0.29) is 17.9 Å². The van der Waals surface area contributed by atoms with Crippen molar-refractivity contribution in [3.05, 3.63) is 59.4 Å². The van der Waals surface area contributed by atoms with Crippen LogP contribution >= 0.6 is 0 Å². The van der Waals surface area contributed by atoms with Gasteiger partial charge in [0.15, 0.2) is 0 Å². The lowest BCUT2D eigenvalue weighted by atomic mass is 10.1. The maximum Gasteiger partial charge on any atom is 0.224 e. The first kappa shape index (κ1) is 16.7. The predicted molar refractivity (Wildman–Crippen MR) is 90.0 cm³/mol. The van der Waals surface area contributed by atoms with E-state index in [0.717, 1.165) is 22.5 Å². The summed E-state index contributed by atoms with van der Waals surface area (Å²) in [5, 5.41) is 5.70. The van der Waals surface area contributed by atoms with Crippen LogP contribution in [0.5, 0.6) is 0 Å². The normalized spacial score (nSPS) is 11.6. The van der Waals surface area contributed by atoms with E-state index in [1.54, 1.807) is 6.20 Å². The second-order valence-corrected chi connectivity index (χ2v) is 5.58. The first-order valence-electron chi connectivity index (χ1n) is 7.52. The molecule has 1 aromatic heterocycles. The molecule has 1 atom stereocenters. The Kier molecular flexibility index (Phi) is 5.46. The van der Waals surface area contributed by atoms with Crippen LogP contribution in [-0.4, -0.2) is 16.8 Å². The number of hydrogen-bond acceptors (Lipinski definition) is 3. The van der Waals surface area contributed by atoms with Crippen molar-refractivity contribution in [1.29, 1.82) is 0 Å². The van der Waals surface area contributed by atoms with Crippen molar-refractivity contribution >= 4 is 17.5 Å². The van der Waals surface area contributed by atoms with Gasteiger partial charge < -0.3 is 10.6 Å². The first-order valence-corrected chi connectivity index (χ1v) is 7.52. The van der Waals surface area contributed by atoms with Crippen molar-refractivity contribution < 1.29 is 9.59 Å². The zero-order valence-corrected chi connectivity index (χ0v) is 13.6. The van der Waals surface area contributed by atoms with Crippen LogP contribution in [0.1, 0.15) is 36.7 Å². The van der Waals surface area contributed by atoms with E-state index in [0.29, 0.717) is 6.42 Å². The van der Waals surface area contributed by atoms with E-state index in [4.69, 9.17) is 0 Å². The van der Waals surface area contributed by atoms with Crippen molar-refractivity contribution in [2.75, 3.05) is 5.32 Å². The van der Waals surface area contributed by atoms with Crippen LogP contribution in [0.2, 0.25) is 0 Å². The molecule has 5 nitrogen and oxygen atoms in total. The standard InChI is InChI=1S/C18H21N3O2/c1-12-7-8-15(11-19-12)9-18(23)20-13(2)16-5-4-6-17(10-16)21-14(3)22/h4-8,10-11,13H,9H2,1-3H3,(H,20,23)(H,21,22)/t13-/m1/s1. The van der Waals surface area contributed by atoms with Gasteiger partial charge in [-0.1, -0.05) is 18.2 Å². The van der Waals surface area contributed by atoms with Crippen LogP contribution in [0, 0.1) is 6.92 Å². The lowest BCUT2D eigenvalue weighted by Gasteiger charge is -2.15. The Morgan fingerprint density at radius 3 is 2.65 bits per heavy atom. The van der Waals surface area contributed by atoms with Gasteiger partial charge in [-0.15, -0.1) is 0 Å². The van der Waals surface area contributed by atoms with Crippen molar-refractivity contribution in [2.24, 2.45) is 0 Å². The maximum absolute atomic E-state index is 12.1. The van der Waals surface area contributed by atoms with E-state index < -0.39 is 0 Å². The van der Waals surface area contributed by atoms with Gasteiger partial charge in [-0.2, -0.15) is 0 Å².